The molecule has 7 heteroatoms. The van der Waals surface area contributed by atoms with E-state index in [9.17, 15) is 12.8 Å². The molecule has 0 spiro atoms. The smallest absolute Gasteiger partial charge is 0.214 e. The molecule has 3 heterocycles. The van der Waals surface area contributed by atoms with Crippen molar-refractivity contribution in [1.82, 2.24) is 13.8 Å². The summed E-state index contributed by atoms with van der Waals surface area (Å²) in [5.74, 6) is 0.0875. The lowest BCUT2D eigenvalue weighted by atomic mass is 10.0. The maximum Gasteiger partial charge on any atom is 0.214 e. The van der Waals surface area contributed by atoms with Crippen molar-refractivity contribution in [2.45, 2.75) is 38.3 Å². The van der Waals surface area contributed by atoms with Crippen LogP contribution in [0.3, 0.4) is 0 Å². The van der Waals surface area contributed by atoms with Crippen molar-refractivity contribution in [3.63, 3.8) is 0 Å². The van der Waals surface area contributed by atoms with Crippen LogP contribution in [-0.2, 0) is 23.0 Å². The average molecular weight is 456 g/mol. The molecule has 5 rings (SSSR count). The Morgan fingerprint density at radius 2 is 1.69 bits per heavy atom. The van der Waals surface area contributed by atoms with Gasteiger partial charge in [-0.3, -0.25) is 0 Å². The van der Waals surface area contributed by atoms with Crippen molar-refractivity contribution >= 4 is 20.9 Å². The average Bonchev–Trinajstić information content (AvgIpc) is 3.36. The topological polar surface area (TPSA) is 45.6 Å². The number of sulfonamides is 1. The number of hydrogen-bond donors (Lipinski definition) is 0. The zero-order valence-electron chi connectivity index (χ0n) is 18.3. The Morgan fingerprint density at radius 3 is 2.41 bits per heavy atom. The normalized spacial score (nSPS) is 20.3. The van der Waals surface area contributed by atoms with E-state index >= 15 is 0 Å². The highest BCUT2D eigenvalue weighted by Gasteiger charge is 2.28. The third-order valence-electron chi connectivity index (χ3n) is 6.93. The lowest BCUT2D eigenvalue weighted by Crippen LogP contribution is -2.35. The maximum atomic E-state index is 13.1. The van der Waals surface area contributed by atoms with Gasteiger partial charge in [0.2, 0.25) is 10.0 Å². The first-order chi connectivity index (χ1) is 15.5. The molecule has 5 nitrogen and oxygen atoms in total. The molecule has 0 unspecified atom stereocenters. The van der Waals surface area contributed by atoms with E-state index in [-0.39, 0.29) is 11.6 Å². The number of benzene rings is 2. The Labute approximate surface area is 189 Å². The first-order valence-corrected chi connectivity index (χ1v) is 13.1. The predicted octanol–water partition coefficient (Wildman–Crippen LogP) is 4.20. The van der Waals surface area contributed by atoms with Crippen molar-refractivity contribution in [2.75, 3.05) is 31.9 Å². The van der Waals surface area contributed by atoms with Crippen molar-refractivity contribution < 1.29 is 12.8 Å². The fourth-order valence-electron chi connectivity index (χ4n) is 5.04. The number of nitrogens with zero attached hydrogens (tertiary/aromatic N) is 3. The Kier molecular flexibility index (Phi) is 6.05. The zero-order chi connectivity index (χ0) is 22.1. The van der Waals surface area contributed by atoms with Gasteiger partial charge in [0.1, 0.15) is 5.82 Å². The van der Waals surface area contributed by atoms with Crippen LogP contribution in [0.25, 0.3) is 10.9 Å². The molecule has 2 aromatic carbocycles. The van der Waals surface area contributed by atoms with E-state index < -0.39 is 10.0 Å². The highest BCUT2D eigenvalue weighted by atomic mass is 32.2. The van der Waals surface area contributed by atoms with E-state index in [0.29, 0.717) is 19.1 Å². The molecular weight excluding hydrogens is 425 g/mol. The summed E-state index contributed by atoms with van der Waals surface area (Å²) in [6.45, 7) is 4.19. The summed E-state index contributed by atoms with van der Waals surface area (Å²) in [6, 6.07) is 15.8. The predicted molar refractivity (Wildman–Crippen MR) is 126 cm³/mol. The van der Waals surface area contributed by atoms with E-state index in [2.05, 4.69) is 39.9 Å². The summed E-state index contributed by atoms with van der Waals surface area (Å²) in [5.41, 5.74) is 3.43. The van der Waals surface area contributed by atoms with E-state index in [1.165, 1.54) is 28.6 Å². The summed E-state index contributed by atoms with van der Waals surface area (Å²) in [7, 11) is -3.09. The Hall–Kier alpha value is -2.22. The molecule has 32 heavy (non-hydrogen) atoms. The first-order valence-electron chi connectivity index (χ1n) is 11.5. The van der Waals surface area contributed by atoms with Crippen LogP contribution in [0.4, 0.5) is 4.39 Å². The Bertz CT molecular complexity index is 1180. The van der Waals surface area contributed by atoms with Crippen LogP contribution < -0.4 is 0 Å². The van der Waals surface area contributed by atoms with Crippen molar-refractivity contribution in [1.29, 1.82) is 0 Å². The fraction of sp³-hybridized carbons (Fsp3) is 0.440. The summed E-state index contributed by atoms with van der Waals surface area (Å²) < 4.78 is 41.5. The standard InChI is InChI=1S/C25H30FN3O2S/c26-23-6-3-20(4-7-23)8-13-27-14-10-24(11-15-27)29-16-9-22-5-2-21(18-25(22)29)19-28-12-1-17-32(28,30)31/h2-7,9,16,18,24H,1,8,10-15,17,19H2. The molecule has 2 saturated heterocycles. The van der Waals surface area contributed by atoms with Crippen LogP contribution in [0.1, 0.15) is 36.4 Å². The van der Waals surface area contributed by atoms with Crippen molar-refractivity contribution in [3.8, 4) is 0 Å². The van der Waals surface area contributed by atoms with Crippen LogP contribution in [0.5, 0.6) is 0 Å². The zero-order valence-corrected chi connectivity index (χ0v) is 19.1. The van der Waals surface area contributed by atoms with E-state index in [1.807, 2.05) is 12.1 Å². The number of piperidine rings is 1. The molecule has 0 bridgehead atoms. The summed E-state index contributed by atoms with van der Waals surface area (Å²) in [4.78, 5) is 2.50. The minimum Gasteiger partial charge on any atom is -0.344 e. The van der Waals surface area contributed by atoms with Gasteiger partial charge in [0.05, 0.1) is 5.75 Å². The van der Waals surface area contributed by atoms with Crippen molar-refractivity contribution in [2.24, 2.45) is 0 Å². The lowest BCUT2D eigenvalue weighted by Gasteiger charge is -2.33. The van der Waals surface area contributed by atoms with E-state index in [0.717, 1.165) is 50.9 Å². The van der Waals surface area contributed by atoms with E-state index in [1.54, 1.807) is 4.31 Å². The fourth-order valence-corrected chi connectivity index (χ4v) is 6.55. The molecule has 1 aromatic heterocycles. The highest BCUT2D eigenvalue weighted by molar-refractivity contribution is 7.89. The summed E-state index contributed by atoms with van der Waals surface area (Å²) in [6.07, 6.45) is 6.04. The molecular formula is C25H30FN3O2S. The molecule has 2 aliphatic heterocycles. The molecule has 0 saturated carbocycles. The number of rotatable bonds is 6. The lowest BCUT2D eigenvalue weighted by molar-refractivity contribution is 0.190. The number of aromatic nitrogens is 1. The second kappa shape index (κ2) is 8.96. The van der Waals surface area contributed by atoms with Crippen molar-refractivity contribution in [3.05, 3.63) is 71.7 Å². The number of likely N-dealkylation sites (tertiary alicyclic amines) is 1. The van der Waals surface area contributed by atoms with Gasteiger partial charge in [-0.15, -0.1) is 0 Å². The molecule has 0 radical (unpaired) electrons. The summed E-state index contributed by atoms with van der Waals surface area (Å²) in [5, 5.41) is 1.21. The van der Waals surface area contributed by atoms with Gasteiger partial charge in [0, 0.05) is 50.5 Å². The Balaban J connectivity index is 1.23. The van der Waals surface area contributed by atoms with Gasteiger partial charge in [-0.25, -0.2) is 12.8 Å². The quantitative estimate of drug-likeness (QED) is 0.560. The van der Waals surface area contributed by atoms with E-state index in [4.69, 9.17) is 0 Å². The minimum absolute atomic E-state index is 0.182. The number of fused-ring (bicyclic) bond motifs is 1. The number of hydrogen-bond acceptors (Lipinski definition) is 3. The minimum atomic E-state index is -3.09. The molecule has 170 valence electrons. The van der Waals surface area contributed by atoms with Gasteiger partial charge in [-0.05, 0) is 66.5 Å². The number of halogens is 1. The highest BCUT2D eigenvalue weighted by Crippen LogP contribution is 2.29. The van der Waals surface area contributed by atoms with Crippen LogP contribution in [0, 0.1) is 5.82 Å². The molecule has 2 aliphatic rings. The molecule has 2 fully saturated rings. The van der Waals surface area contributed by atoms with Gasteiger partial charge in [0.15, 0.2) is 0 Å². The second-order valence-electron chi connectivity index (χ2n) is 9.07. The van der Waals surface area contributed by atoms with Crippen LogP contribution >= 0.6 is 0 Å². The third-order valence-corrected chi connectivity index (χ3v) is 8.83. The van der Waals surface area contributed by atoms with Gasteiger partial charge in [-0.1, -0.05) is 24.3 Å². The monoisotopic (exact) mass is 455 g/mol. The van der Waals surface area contributed by atoms with Crippen LogP contribution in [-0.4, -0.2) is 54.1 Å². The maximum absolute atomic E-state index is 13.1. The van der Waals surface area contributed by atoms with Gasteiger partial charge < -0.3 is 9.47 Å². The summed E-state index contributed by atoms with van der Waals surface area (Å²) >= 11 is 0. The van der Waals surface area contributed by atoms with Crippen LogP contribution in [0.2, 0.25) is 0 Å². The molecule has 0 amide bonds. The molecule has 3 aromatic rings. The largest absolute Gasteiger partial charge is 0.344 e. The SMILES string of the molecule is O=S1(=O)CCCN1Cc1ccc2ccn(C3CCN(CCc4ccc(F)cc4)CC3)c2c1. The van der Waals surface area contributed by atoms with Gasteiger partial charge in [0.25, 0.3) is 0 Å². The van der Waals surface area contributed by atoms with Crippen LogP contribution in [0.15, 0.2) is 54.7 Å². The third kappa shape index (κ3) is 4.60. The first kappa shape index (κ1) is 21.6. The molecule has 0 aliphatic carbocycles. The Morgan fingerprint density at radius 1 is 0.938 bits per heavy atom. The molecule has 0 N–H and O–H groups in total. The van der Waals surface area contributed by atoms with Gasteiger partial charge >= 0.3 is 0 Å². The second-order valence-corrected chi connectivity index (χ2v) is 11.2. The molecule has 0 atom stereocenters. The van der Waals surface area contributed by atoms with Gasteiger partial charge in [-0.2, -0.15) is 4.31 Å².